The number of rotatable bonds is 6. The van der Waals surface area contributed by atoms with E-state index in [1.165, 1.54) is 4.68 Å². The van der Waals surface area contributed by atoms with Gasteiger partial charge in [0.25, 0.3) is 0 Å². The van der Waals surface area contributed by atoms with Gasteiger partial charge in [-0.2, -0.15) is 0 Å². The first-order valence-corrected chi connectivity index (χ1v) is 7.11. The maximum atomic E-state index is 11.2. The smallest absolute Gasteiger partial charge is 0.328 e. The number of hydrogen-bond donors (Lipinski definition) is 1. The maximum absolute atomic E-state index is 11.2. The van der Waals surface area contributed by atoms with E-state index in [1.807, 2.05) is 30.3 Å². The average molecular weight is 288 g/mol. The molecule has 1 N–H and O–H groups in total. The van der Waals surface area contributed by atoms with Gasteiger partial charge < -0.3 is 5.11 Å². The van der Waals surface area contributed by atoms with Crippen LogP contribution < -0.4 is 0 Å². The lowest BCUT2D eigenvalue weighted by atomic mass is 9.85. The van der Waals surface area contributed by atoms with Crippen LogP contribution in [0.5, 0.6) is 0 Å². The van der Waals surface area contributed by atoms with Gasteiger partial charge in [-0.25, -0.2) is 9.48 Å². The molecule has 21 heavy (non-hydrogen) atoms. The fourth-order valence-electron chi connectivity index (χ4n) is 2.41. The molecule has 3 atom stereocenters. The maximum Gasteiger partial charge on any atom is 0.328 e. The van der Waals surface area contributed by atoms with Gasteiger partial charge in [0, 0.05) is 5.92 Å². The Labute approximate surface area is 123 Å². The number of carboxylic acids is 1. The van der Waals surface area contributed by atoms with Crippen LogP contribution in [0.15, 0.2) is 30.3 Å². The van der Waals surface area contributed by atoms with Crippen LogP contribution >= 0.6 is 0 Å². The van der Waals surface area contributed by atoms with Crippen molar-refractivity contribution >= 4 is 5.97 Å². The fraction of sp³-hybridized carbons (Fsp3) is 0.467. The summed E-state index contributed by atoms with van der Waals surface area (Å²) in [4.78, 5) is 11.2. The zero-order valence-electron chi connectivity index (χ0n) is 12.5. The summed E-state index contributed by atoms with van der Waals surface area (Å²) in [6, 6.07) is 9.17. The SMILES string of the molecule is CCC(C)C(c1ccccc1)c1nnnn1C(C)C(=O)O. The predicted octanol–water partition coefficient (Wildman–Crippen LogP) is 2.50. The molecule has 1 aromatic heterocycles. The quantitative estimate of drug-likeness (QED) is 0.883. The summed E-state index contributed by atoms with van der Waals surface area (Å²) in [5, 5.41) is 20.9. The molecule has 2 aromatic rings. The molecule has 1 aromatic carbocycles. The molecule has 112 valence electrons. The summed E-state index contributed by atoms with van der Waals surface area (Å²) in [6.07, 6.45) is 0.952. The van der Waals surface area contributed by atoms with E-state index in [4.69, 9.17) is 0 Å². The number of aliphatic carboxylic acids is 1. The molecule has 0 radical (unpaired) electrons. The molecule has 0 bridgehead atoms. The zero-order valence-corrected chi connectivity index (χ0v) is 12.5. The van der Waals surface area contributed by atoms with Gasteiger partial charge in [0.15, 0.2) is 5.82 Å². The number of hydrogen-bond acceptors (Lipinski definition) is 4. The van der Waals surface area contributed by atoms with Crippen LogP contribution in [0.2, 0.25) is 0 Å². The topological polar surface area (TPSA) is 80.9 Å². The Morgan fingerprint density at radius 3 is 2.52 bits per heavy atom. The lowest BCUT2D eigenvalue weighted by Crippen LogP contribution is -2.23. The Morgan fingerprint density at radius 1 is 1.29 bits per heavy atom. The van der Waals surface area contributed by atoms with Gasteiger partial charge >= 0.3 is 5.97 Å². The summed E-state index contributed by atoms with van der Waals surface area (Å²) in [5.41, 5.74) is 1.10. The lowest BCUT2D eigenvalue weighted by molar-refractivity contribution is -0.140. The Bertz CT molecular complexity index is 597. The van der Waals surface area contributed by atoms with E-state index in [-0.39, 0.29) is 5.92 Å². The van der Waals surface area contributed by atoms with Gasteiger partial charge in [-0.1, -0.05) is 50.6 Å². The first-order valence-electron chi connectivity index (χ1n) is 7.11. The van der Waals surface area contributed by atoms with Crippen molar-refractivity contribution in [1.29, 1.82) is 0 Å². The number of carbonyl (C=O) groups is 1. The van der Waals surface area contributed by atoms with E-state index < -0.39 is 12.0 Å². The predicted molar refractivity (Wildman–Crippen MR) is 77.9 cm³/mol. The molecule has 6 heteroatoms. The third-order valence-corrected chi connectivity index (χ3v) is 3.89. The molecule has 2 rings (SSSR count). The Hall–Kier alpha value is -2.24. The highest BCUT2D eigenvalue weighted by atomic mass is 16.4. The van der Waals surface area contributed by atoms with Crippen molar-refractivity contribution in [3.63, 3.8) is 0 Å². The van der Waals surface area contributed by atoms with E-state index in [1.54, 1.807) is 6.92 Å². The Balaban J connectivity index is 2.48. The third kappa shape index (κ3) is 3.09. The first-order chi connectivity index (χ1) is 10.1. The largest absolute Gasteiger partial charge is 0.480 e. The van der Waals surface area contributed by atoms with Gasteiger partial charge in [0.05, 0.1) is 0 Å². The first kappa shape index (κ1) is 15.2. The highest BCUT2D eigenvalue weighted by Gasteiger charge is 2.29. The molecule has 3 unspecified atom stereocenters. The summed E-state index contributed by atoms with van der Waals surface area (Å²) in [6.45, 7) is 5.82. The van der Waals surface area contributed by atoms with E-state index >= 15 is 0 Å². The number of benzene rings is 1. The molecule has 0 amide bonds. The second kappa shape index (κ2) is 6.47. The van der Waals surface area contributed by atoms with Crippen molar-refractivity contribution in [2.75, 3.05) is 0 Å². The standard InChI is InChI=1S/C15H20N4O2/c1-4-10(2)13(12-8-6-5-7-9-12)14-16-17-18-19(14)11(3)15(20)21/h5-11,13H,4H2,1-3H3,(H,20,21). The van der Waals surface area contributed by atoms with Crippen molar-refractivity contribution in [2.24, 2.45) is 5.92 Å². The highest BCUT2D eigenvalue weighted by Crippen LogP contribution is 2.33. The number of tetrazole rings is 1. The minimum absolute atomic E-state index is 0.0204. The number of nitrogens with zero attached hydrogens (tertiary/aromatic N) is 4. The Morgan fingerprint density at radius 2 is 1.95 bits per heavy atom. The van der Waals surface area contributed by atoms with Crippen LogP contribution in [0, 0.1) is 5.92 Å². The lowest BCUT2D eigenvalue weighted by Gasteiger charge is -2.23. The molecule has 0 spiro atoms. The van der Waals surface area contributed by atoms with Gasteiger partial charge in [0.2, 0.25) is 0 Å². The number of aromatic nitrogens is 4. The van der Waals surface area contributed by atoms with Crippen molar-refractivity contribution in [3.05, 3.63) is 41.7 Å². The van der Waals surface area contributed by atoms with E-state index in [2.05, 4.69) is 29.4 Å². The van der Waals surface area contributed by atoms with Crippen molar-refractivity contribution < 1.29 is 9.90 Å². The minimum Gasteiger partial charge on any atom is -0.480 e. The molecule has 0 saturated heterocycles. The molecule has 0 aliphatic heterocycles. The van der Waals surface area contributed by atoms with Crippen LogP contribution in [0.3, 0.4) is 0 Å². The van der Waals surface area contributed by atoms with Gasteiger partial charge in [0.1, 0.15) is 6.04 Å². The highest BCUT2D eigenvalue weighted by molar-refractivity contribution is 5.71. The van der Waals surface area contributed by atoms with Crippen molar-refractivity contribution in [2.45, 2.75) is 39.2 Å². The molecule has 0 aliphatic rings. The fourth-order valence-corrected chi connectivity index (χ4v) is 2.41. The van der Waals surface area contributed by atoms with Gasteiger partial charge in [-0.3, -0.25) is 0 Å². The summed E-state index contributed by atoms with van der Waals surface area (Å²) in [5.74, 6) is -0.0592. The monoisotopic (exact) mass is 288 g/mol. The third-order valence-electron chi connectivity index (χ3n) is 3.89. The zero-order chi connectivity index (χ0) is 15.4. The molecular weight excluding hydrogens is 268 g/mol. The molecule has 0 saturated carbocycles. The minimum atomic E-state index is -0.945. The molecular formula is C15H20N4O2. The second-order valence-electron chi connectivity index (χ2n) is 5.27. The second-order valence-corrected chi connectivity index (χ2v) is 5.27. The normalized spacial score (nSPS) is 15.4. The van der Waals surface area contributed by atoms with Crippen molar-refractivity contribution in [3.8, 4) is 0 Å². The van der Waals surface area contributed by atoms with Crippen LogP contribution in [0.25, 0.3) is 0 Å². The van der Waals surface area contributed by atoms with Crippen molar-refractivity contribution in [1.82, 2.24) is 20.2 Å². The molecule has 0 fully saturated rings. The molecule has 6 nitrogen and oxygen atoms in total. The Kier molecular flexibility index (Phi) is 4.67. The molecule has 1 heterocycles. The van der Waals surface area contributed by atoms with Crippen LogP contribution in [-0.4, -0.2) is 31.3 Å². The van der Waals surface area contributed by atoms with Gasteiger partial charge in [-0.05, 0) is 28.8 Å². The van der Waals surface area contributed by atoms with Crippen LogP contribution in [0.4, 0.5) is 0 Å². The summed E-state index contributed by atoms with van der Waals surface area (Å²) < 4.78 is 1.41. The van der Waals surface area contributed by atoms with Gasteiger partial charge in [-0.15, -0.1) is 5.10 Å². The van der Waals surface area contributed by atoms with E-state index in [9.17, 15) is 9.90 Å². The van der Waals surface area contributed by atoms with E-state index in [0.717, 1.165) is 12.0 Å². The number of carboxylic acid groups (broad SMARTS) is 1. The molecule has 0 aliphatic carbocycles. The average Bonchev–Trinajstić information content (AvgIpc) is 2.96. The van der Waals surface area contributed by atoms with Crippen LogP contribution in [-0.2, 0) is 4.79 Å². The summed E-state index contributed by atoms with van der Waals surface area (Å²) in [7, 11) is 0. The van der Waals surface area contributed by atoms with Crippen LogP contribution in [0.1, 0.15) is 50.5 Å². The summed E-state index contributed by atoms with van der Waals surface area (Å²) >= 11 is 0. The van der Waals surface area contributed by atoms with E-state index in [0.29, 0.717) is 11.7 Å².